The molecule has 6 rings (SSSR count). The number of nitrogens with zero attached hydrogens (tertiary/aromatic N) is 5. The van der Waals surface area contributed by atoms with Crippen molar-refractivity contribution in [3.8, 4) is 11.3 Å². The van der Waals surface area contributed by atoms with E-state index in [1.54, 1.807) is 0 Å². The Labute approximate surface area is 198 Å². The number of aromatic nitrogens is 5. The van der Waals surface area contributed by atoms with E-state index >= 15 is 0 Å². The Bertz CT molecular complexity index is 1790. The first-order valence-corrected chi connectivity index (χ1v) is 11.5. The monoisotopic (exact) mass is 445 g/mol. The Morgan fingerprint density at radius 2 is 1.09 bits per heavy atom. The van der Waals surface area contributed by atoms with Gasteiger partial charge in [-0.1, -0.05) is 6.07 Å². The van der Waals surface area contributed by atoms with E-state index in [0.29, 0.717) is 0 Å². The predicted octanol–water partition coefficient (Wildman–Crippen LogP) is 1.73. The Morgan fingerprint density at radius 1 is 0.529 bits per heavy atom. The fourth-order valence-corrected chi connectivity index (χ4v) is 4.77. The lowest BCUT2D eigenvalue weighted by Gasteiger charge is -2.05. The van der Waals surface area contributed by atoms with Crippen LogP contribution >= 0.6 is 0 Å². The van der Waals surface area contributed by atoms with Gasteiger partial charge < -0.3 is 18.3 Å². The zero-order chi connectivity index (χ0) is 23.4. The maximum Gasteiger partial charge on any atom is 0.0723 e. The first-order valence-electron chi connectivity index (χ1n) is 11.5. The molecule has 0 saturated heterocycles. The number of fused-ring (bicyclic) bond motifs is 8. The van der Waals surface area contributed by atoms with Crippen molar-refractivity contribution in [1.82, 2.24) is 23.3 Å². The summed E-state index contributed by atoms with van der Waals surface area (Å²) in [7, 11) is 8.50. The van der Waals surface area contributed by atoms with Crippen molar-refractivity contribution in [2.24, 2.45) is 28.2 Å². The van der Waals surface area contributed by atoms with Gasteiger partial charge in [0.15, 0.2) is 0 Å². The van der Waals surface area contributed by atoms with Gasteiger partial charge in [-0.25, -0.2) is 0 Å². The van der Waals surface area contributed by atoms with Crippen LogP contribution in [0.25, 0.3) is 35.6 Å². The Hall–Kier alpha value is -4.25. The number of hydrogen-bond donors (Lipinski definition) is 0. The fourth-order valence-electron chi connectivity index (χ4n) is 4.77. The van der Waals surface area contributed by atoms with Crippen molar-refractivity contribution < 1.29 is 0 Å². The van der Waals surface area contributed by atoms with Gasteiger partial charge in [-0.3, -0.25) is 4.98 Å². The molecule has 0 fully saturated rings. The molecule has 1 aliphatic heterocycles. The highest BCUT2D eigenvalue weighted by atomic mass is 15.0. The zero-order valence-electron chi connectivity index (χ0n) is 19.9. The van der Waals surface area contributed by atoms with E-state index in [1.165, 1.54) is 11.4 Å². The molecule has 34 heavy (non-hydrogen) atoms. The van der Waals surface area contributed by atoms with E-state index in [-0.39, 0.29) is 0 Å². The third-order valence-corrected chi connectivity index (χ3v) is 7.03. The van der Waals surface area contributed by atoms with Crippen molar-refractivity contribution in [1.29, 1.82) is 0 Å². The van der Waals surface area contributed by atoms with Gasteiger partial charge in [0.25, 0.3) is 0 Å². The molecule has 0 saturated carbocycles. The van der Waals surface area contributed by atoms with Gasteiger partial charge in [0, 0.05) is 78.4 Å². The zero-order valence-corrected chi connectivity index (χ0v) is 19.9. The van der Waals surface area contributed by atoms with Gasteiger partial charge in [0.05, 0.1) is 11.4 Å². The van der Waals surface area contributed by atoms with Gasteiger partial charge in [-0.2, -0.15) is 0 Å². The smallest absolute Gasteiger partial charge is 0.0723 e. The molecular weight excluding hydrogens is 418 g/mol. The molecule has 8 bridgehead atoms. The molecule has 0 aromatic carbocycles. The maximum absolute atomic E-state index is 4.66. The highest BCUT2D eigenvalue weighted by Crippen LogP contribution is 2.26. The van der Waals surface area contributed by atoms with Gasteiger partial charge >= 0.3 is 0 Å². The van der Waals surface area contributed by atoms with Gasteiger partial charge in [0.2, 0.25) is 0 Å². The topological polar surface area (TPSA) is 32.6 Å². The number of rotatable bonds is 1. The Balaban J connectivity index is 1.74. The van der Waals surface area contributed by atoms with Crippen LogP contribution in [0, 0.1) is 0 Å². The van der Waals surface area contributed by atoms with E-state index in [9.17, 15) is 0 Å². The standard InChI is InChI=1S/C29H27N5/c1-31-20-8-9-21(31)16-23-12-13-25(33(23)3)19-29-27(28-7-5-6-14-30-28)18-26(34(29)4)17-24-11-10-22(15-20)32(24)2/h5-19H,1-4H3/b20-15?,21-16?,22-15-,23-16-,24-17-,25-19-,26-17?,29-19?. The van der Waals surface area contributed by atoms with Crippen LogP contribution < -0.4 is 21.4 Å². The van der Waals surface area contributed by atoms with Crippen LogP contribution in [0.1, 0.15) is 22.8 Å². The fraction of sp³-hybridized carbons (Fsp3) is 0.138. The van der Waals surface area contributed by atoms with Crippen LogP contribution in [0.15, 0.2) is 66.9 Å². The summed E-state index contributed by atoms with van der Waals surface area (Å²) >= 11 is 0. The average Bonchev–Trinajstić information content (AvgIpc) is 3.56. The normalized spacial score (nSPS) is 16.5. The Kier molecular flexibility index (Phi) is 4.59. The molecule has 0 aliphatic carbocycles. The molecule has 0 unspecified atom stereocenters. The van der Waals surface area contributed by atoms with Crippen LogP contribution in [-0.4, -0.2) is 23.3 Å². The Morgan fingerprint density at radius 3 is 1.65 bits per heavy atom. The molecule has 5 nitrogen and oxygen atoms in total. The van der Waals surface area contributed by atoms with Crippen molar-refractivity contribution >= 4 is 24.3 Å². The molecule has 0 spiro atoms. The first kappa shape index (κ1) is 20.4. The van der Waals surface area contributed by atoms with E-state index in [4.69, 9.17) is 0 Å². The van der Waals surface area contributed by atoms with Gasteiger partial charge in [0.1, 0.15) is 0 Å². The average molecular weight is 446 g/mol. The summed E-state index contributed by atoms with van der Waals surface area (Å²) in [6, 6.07) is 21.4. The van der Waals surface area contributed by atoms with Crippen molar-refractivity contribution in [2.75, 3.05) is 0 Å². The minimum atomic E-state index is 0.972. The van der Waals surface area contributed by atoms with Gasteiger partial charge in [-0.15, -0.1) is 0 Å². The summed E-state index contributed by atoms with van der Waals surface area (Å²) in [5.74, 6) is 0. The van der Waals surface area contributed by atoms with E-state index in [0.717, 1.165) is 44.0 Å². The largest absolute Gasteiger partial charge is 0.344 e. The third-order valence-electron chi connectivity index (χ3n) is 7.03. The summed E-state index contributed by atoms with van der Waals surface area (Å²) in [5, 5.41) is 4.62. The predicted molar refractivity (Wildman–Crippen MR) is 138 cm³/mol. The van der Waals surface area contributed by atoms with E-state index in [1.807, 2.05) is 18.3 Å². The van der Waals surface area contributed by atoms with Crippen LogP contribution in [-0.2, 0) is 28.2 Å². The molecule has 0 radical (unpaired) electrons. The molecule has 168 valence electrons. The molecule has 6 heterocycles. The van der Waals surface area contributed by atoms with Crippen LogP contribution in [0.3, 0.4) is 0 Å². The minimum Gasteiger partial charge on any atom is -0.344 e. The first-order chi connectivity index (χ1) is 16.5. The summed E-state index contributed by atoms with van der Waals surface area (Å²) in [6.45, 7) is 0. The second-order valence-electron chi connectivity index (χ2n) is 8.95. The summed E-state index contributed by atoms with van der Waals surface area (Å²) in [5.41, 5.74) is 6.70. The highest BCUT2D eigenvalue weighted by molar-refractivity contribution is 5.75. The maximum atomic E-state index is 4.66. The van der Waals surface area contributed by atoms with Crippen molar-refractivity contribution in [3.05, 3.63) is 111 Å². The third kappa shape index (κ3) is 3.20. The van der Waals surface area contributed by atoms with E-state index in [2.05, 4.69) is 124 Å². The van der Waals surface area contributed by atoms with E-state index < -0.39 is 0 Å². The molecule has 5 aromatic rings. The van der Waals surface area contributed by atoms with Crippen LogP contribution in [0.4, 0.5) is 0 Å². The quantitative estimate of drug-likeness (QED) is 0.380. The van der Waals surface area contributed by atoms with Crippen LogP contribution in [0.2, 0.25) is 0 Å². The summed E-state index contributed by atoms with van der Waals surface area (Å²) in [4.78, 5) is 4.66. The molecule has 5 heteroatoms. The summed E-state index contributed by atoms with van der Waals surface area (Å²) in [6.07, 6.45) is 10.8. The van der Waals surface area contributed by atoms with Crippen molar-refractivity contribution in [2.45, 2.75) is 0 Å². The second kappa shape index (κ2) is 7.66. The molecule has 1 aliphatic rings. The molecule has 5 aromatic heterocycles. The molecule has 0 amide bonds. The number of pyridine rings is 1. The van der Waals surface area contributed by atoms with Gasteiger partial charge in [-0.05, 0) is 78.9 Å². The van der Waals surface area contributed by atoms with Crippen LogP contribution in [0.5, 0.6) is 0 Å². The molecule has 0 N–H and O–H groups in total. The SMILES string of the molecule is Cn1c2ccc1/C=c1/cc/c(n1C)=C/c1c(-c3ccccn3)cc(n1C)/C=c1/cc/c(n1C)=C/2. The molecular formula is C29H27N5. The lowest BCUT2D eigenvalue weighted by Crippen LogP contribution is -2.24. The number of hydrogen-bond acceptors (Lipinski definition) is 1. The minimum absolute atomic E-state index is 0.972. The summed E-state index contributed by atoms with van der Waals surface area (Å²) < 4.78 is 8.97. The molecule has 0 atom stereocenters. The lowest BCUT2D eigenvalue weighted by molar-refractivity contribution is 0.840. The second-order valence-corrected chi connectivity index (χ2v) is 8.95. The van der Waals surface area contributed by atoms with Crippen molar-refractivity contribution in [3.63, 3.8) is 0 Å². The highest BCUT2D eigenvalue weighted by Gasteiger charge is 2.13. The lowest BCUT2D eigenvalue weighted by atomic mass is 10.1.